The van der Waals surface area contributed by atoms with Crippen molar-refractivity contribution in [1.82, 2.24) is 4.90 Å². The molecule has 0 aliphatic carbocycles. The molecule has 0 bridgehead atoms. The number of halogens is 2. The molecule has 0 radical (unpaired) electrons. The van der Waals surface area contributed by atoms with Gasteiger partial charge >= 0.3 is 0 Å². The minimum absolute atomic E-state index is 0. The van der Waals surface area contributed by atoms with Gasteiger partial charge in [0, 0.05) is 20.1 Å². The van der Waals surface area contributed by atoms with Crippen molar-refractivity contribution < 1.29 is 0 Å². The normalized spacial score (nSPS) is 11.6. The largest absolute Gasteiger partial charge is 0.369 e. The molecule has 0 aromatic carbocycles. The summed E-state index contributed by atoms with van der Waals surface area (Å²) in [5.74, 6) is 0. The molecule has 1 atom stereocenters. The van der Waals surface area contributed by atoms with Gasteiger partial charge in [-0.05, 0) is 13.3 Å². The first-order valence-electron chi connectivity index (χ1n) is 3.36. The molecule has 1 unspecified atom stereocenters. The van der Waals surface area contributed by atoms with E-state index >= 15 is 0 Å². The summed E-state index contributed by atoms with van der Waals surface area (Å²) < 4.78 is 0. The van der Waals surface area contributed by atoms with Crippen LogP contribution < -0.4 is 0 Å². The Morgan fingerprint density at radius 2 is 1.82 bits per heavy atom. The topological polar surface area (TPSA) is 15.6 Å². The van der Waals surface area contributed by atoms with Crippen LogP contribution in [-0.2, 0) is 0 Å². The summed E-state index contributed by atoms with van der Waals surface area (Å²) >= 11 is 0. The van der Waals surface area contributed by atoms with Crippen LogP contribution in [0, 0.1) is 0 Å². The summed E-state index contributed by atoms with van der Waals surface area (Å²) in [6.45, 7) is 4.25. The van der Waals surface area contributed by atoms with Gasteiger partial charge in [-0.2, -0.15) is 0 Å². The minimum Gasteiger partial charge on any atom is -0.369 e. The molecule has 0 spiro atoms. The van der Waals surface area contributed by atoms with E-state index in [4.69, 9.17) is 0 Å². The van der Waals surface area contributed by atoms with Crippen LogP contribution in [0.1, 0.15) is 20.3 Å². The highest BCUT2D eigenvalue weighted by Gasteiger charge is 1.89. The van der Waals surface area contributed by atoms with E-state index in [1.165, 1.54) is 0 Å². The van der Waals surface area contributed by atoms with Crippen LogP contribution in [0.25, 0.3) is 0 Å². The molecule has 0 aromatic rings. The molecule has 0 saturated heterocycles. The van der Waals surface area contributed by atoms with Gasteiger partial charge in [-0.1, -0.05) is 6.92 Å². The second-order valence-corrected chi connectivity index (χ2v) is 2.49. The Labute approximate surface area is 81.9 Å². The Kier molecular flexibility index (Phi) is 15.7. The highest BCUT2D eigenvalue weighted by molar-refractivity contribution is 5.85. The van der Waals surface area contributed by atoms with Crippen molar-refractivity contribution in [1.29, 1.82) is 0 Å². The van der Waals surface area contributed by atoms with Gasteiger partial charge in [0.05, 0.1) is 6.34 Å². The van der Waals surface area contributed by atoms with E-state index in [1.807, 2.05) is 25.3 Å². The van der Waals surface area contributed by atoms with Gasteiger partial charge in [0.15, 0.2) is 0 Å². The fraction of sp³-hybridized carbons (Fsp3) is 0.857. The van der Waals surface area contributed by atoms with Gasteiger partial charge in [0.2, 0.25) is 0 Å². The standard InChI is InChI=1S/C7H16N2.2ClH/c1-5-7(2)8-6-9(3)4;;/h6-7H,5H2,1-4H3;2*1H. The number of rotatable bonds is 3. The fourth-order valence-electron chi connectivity index (χ4n) is 0.353. The van der Waals surface area contributed by atoms with Crippen LogP contribution in [0.15, 0.2) is 4.99 Å². The molecule has 4 heteroatoms. The van der Waals surface area contributed by atoms with Crippen molar-refractivity contribution in [2.24, 2.45) is 4.99 Å². The van der Waals surface area contributed by atoms with Gasteiger partial charge in [0.25, 0.3) is 0 Å². The molecular weight excluding hydrogens is 183 g/mol. The summed E-state index contributed by atoms with van der Waals surface area (Å²) in [6.07, 6.45) is 2.97. The van der Waals surface area contributed by atoms with Gasteiger partial charge < -0.3 is 4.90 Å². The first-order chi connectivity index (χ1) is 4.16. The van der Waals surface area contributed by atoms with Gasteiger partial charge in [-0.3, -0.25) is 4.99 Å². The van der Waals surface area contributed by atoms with E-state index in [1.54, 1.807) is 0 Å². The maximum absolute atomic E-state index is 4.24. The quantitative estimate of drug-likeness (QED) is 0.505. The van der Waals surface area contributed by atoms with E-state index in [2.05, 4.69) is 18.8 Å². The fourth-order valence-corrected chi connectivity index (χ4v) is 0.353. The first kappa shape index (κ1) is 17.2. The monoisotopic (exact) mass is 200 g/mol. The van der Waals surface area contributed by atoms with Crippen molar-refractivity contribution in [2.45, 2.75) is 26.3 Å². The maximum Gasteiger partial charge on any atom is 0.0847 e. The van der Waals surface area contributed by atoms with Crippen LogP contribution in [0.2, 0.25) is 0 Å². The molecule has 0 aliphatic heterocycles. The zero-order valence-electron chi connectivity index (χ0n) is 7.57. The van der Waals surface area contributed by atoms with Crippen molar-refractivity contribution in [3.8, 4) is 0 Å². The number of nitrogens with zero attached hydrogens (tertiary/aromatic N) is 2. The highest BCUT2D eigenvalue weighted by atomic mass is 35.5. The van der Waals surface area contributed by atoms with E-state index in [0.717, 1.165) is 6.42 Å². The van der Waals surface area contributed by atoms with Crippen LogP contribution >= 0.6 is 24.8 Å². The zero-order valence-corrected chi connectivity index (χ0v) is 9.21. The summed E-state index contributed by atoms with van der Waals surface area (Å²) in [5, 5.41) is 0. The molecule has 70 valence electrons. The Balaban J connectivity index is -0.000000320. The lowest BCUT2D eigenvalue weighted by atomic mass is 10.3. The SMILES string of the molecule is CCC(C)N=CN(C)C.Cl.Cl. The van der Waals surface area contributed by atoms with E-state index in [9.17, 15) is 0 Å². The molecule has 0 aliphatic rings. The molecular formula is C7H18Cl2N2. The van der Waals surface area contributed by atoms with Crippen LogP contribution in [-0.4, -0.2) is 31.4 Å². The molecule has 0 rings (SSSR count). The third-order valence-electron chi connectivity index (χ3n) is 1.14. The van der Waals surface area contributed by atoms with Gasteiger partial charge in [0.1, 0.15) is 0 Å². The number of hydrogen-bond acceptors (Lipinski definition) is 1. The molecule has 0 N–H and O–H groups in total. The molecule has 11 heavy (non-hydrogen) atoms. The van der Waals surface area contributed by atoms with Crippen LogP contribution in [0.5, 0.6) is 0 Å². The lowest BCUT2D eigenvalue weighted by Crippen LogP contribution is -2.10. The number of hydrogen-bond donors (Lipinski definition) is 0. The lowest BCUT2D eigenvalue weighted by Gasteiger charge is -2.05. The van der Waals surface area contributed by atoms with E-state index in [-0.39, 0.29) is 24.8 Å². The second kappa shape index (κ2) is 10.0. The Morgan fingerprint density at radius 3 is 2.09 bits per heavy atom. The molecule has 0 amide bonds. The summed E-state index contributed by atoms with van der Waals surface area (Å²) in [4.78, 5) is 6.19. The zero-order chi connectivity index (χ0) is 7.28. The second-order valence-electron chi connectivity index (χ2n) is 2.49. The summed E-state index contributed by atoms with van der Waals surface area (Å²) in [5.41, 5.74) is 0. The van der Waals surface area contributed by atoms with Crippen molar-refractivity contribution in [3.05, 3.63) is 0 Å². The third kappa shape index (κ3) is 13.1. The lowest BCUT2D eigenvalue weighted by molar-refractivity contribution is 0.622. The van der Waals surface area contributed by atoms with Crippen molar-refractivity contribution in [2.75, 3.05) is 14.1 Å². The molecule has 0 fully saturated rings. The molecule has 2 nitrogen and oxygen atoms in total. The van der Waals surface area contributed by atoms with E-state index in [0.29, 0.717) is 6.04 Å². The predicted molar refractivity (Wildman–Crippen MR) is 56.4 cm³/mol. The van der Waals surface area contributed by atoms with Crippen LogP contribution in [0.4, 0.5) is 0 Å². The Bertz CT molecular complexity index is 94.4. The van der Waals surface area contributed by atoms with Crippen molar-refractivity contribution >= 4 is 31.2 Å². The Morgan fingerprint density at radius 1 is 1.36 bits per heavy atom. The van der Waals surface area contributed by atoms with E-state index < -0.39 is 0 Å². The third-order valence-corrected chi connectivity index (χ3v) is 1.14. The average molecular weight is 201 g/mol. The average Bonchev–Trinajstić information content (AvgIpc) is 1.83. The summed E-state index contributed by atoms with van der Waals surface area (Å²) in [6, 6.07) is 0.465. The minimum atomic E-state index is 0. The van der Waals surface area contributed by atoms with Crippen molar-refractivity contribution in [3.63, 3.8) is 0 Å². The number of aliphatic imine (C=N–C) groups is 1. The van der Waals surface area contributed by atoms with Gasteiger partial charge in [-0.15, -0.1) is 24.8 Å². The smallest absolute Gasteiger partial charge is 0.0847 e. The summed E-state index contributed by atoms with van der Waals surface area (Å²) in [7, 11) is 3.96. The van der Waals surface area contributed by atoms with Gasteiger partial charge in [-0.25, -0.2) is 0 Å². The highest BCUT2D eigenvalue weighted by Crippen LogP contribution is 1.92. The maximum atomic E-state index is 4.24. The predicted octanol–water partition coefficient (Wildman–Crippen LogP) is 2.22. The molecule has 0 saturated carbocycles. The first-order valence-corrected chi connectivity index (χ1v) is 3.36. The molecule has 0 aromatic heterocycles. The Hall–Kier alpha value is 0.0500. The molecule has 0 heterocycles. The van der Waals surface area contributed by atoms with Crippen LogP contribution in [0.3, 0.4) is 0 Å².